The smallest absolute Gasteiger partial charge is 0.231 e. The van der Waals surface area contributed by atoms with Gasteiger partial charge in [0.15, 0.2) is 10.9 Å². The topological polar surface area (TPSA) is 85.2 Å². The molecule has 0 bridgehead atoms. The minimum Gasteiger partial charge on any atom is -0.303 e. The van der Waals surface area contributed by atoms with Crippen molar-refractivity contribution in [2.75, 3.05) is 23.4 Å². The first-order valence-electron chi connectivity index (χ1n) is 9.39. The molecule has 0 amide bonds. The number of carbonyl (C=O) groups excluding carboxylic acids is 1. The van der Waals surface area contributed by atoms with Gasteiger partial charge < -0.3 is 4.57 Å². The van der Waals surface area contributed by atoms with Crippen molar-refractivity contribution in [1.82, 2.24) is 14.8 Å². The van der Waals surface area contributed by atoms with Crippen LogP contribution in [0.5, 0.6) is 0 Å². The maximum atomic E-state index is 12.6. The van der Waals surface area contributed by atoms with Gasteiger partial charge in [0.25, 0.3) is 0 Å². The molecule has 7 nitrogen and oxygen atoms in total. The summed E-state index contributed by atoms with van der Waals surface area (Å²) in [6.07, 6.45) is 7.14. The van der Waals surface area contributed by atoms with Gasteiger partial charge in [0.2, 0.25) is 10.0 Å². The Bertz CT molecular complexity index is 933. The van der Waals surface area contributed by atoms with E-state index in [9.17, 15) is 13.2 Å². The molecule has 1 saturated carbocycles. The molecular weight excluding hydrogens is 396 g/mol. The van der Waals surface area contributed by atoms with E-state index in [2.05, 4.69) is 14.8 Å². The van der Waals surface area contributed by atoms with Crippen molar-refractivity contribution in [3.63, 3.8) is 0 Å². The predicted molar refractivity (Wildman–Crippen MR) is 112 cm³/mol. The van der Waals surface area contributed by atoms with Gasteiger partial charge in [-0.15, -0.1) is 10.2 Å². The molecule has 3 rings (SSSR count). The molecule has 0 radical (unpaired) electrons. The highest BCUT2D eigenvalue weighted by Gasteiger charge is 2.22. The van der Waals surface area contributed by atoms with Crippen LogP contribution in [0.15, 0.2) is 29.4 Å². The fourth-order valence-corrected chi connectivity index (χ4v) is 4.92. The first-order chi connectivity index (χ1) is 13.3. The van der Waals surface area contributed by atoms with E-state index in [0.29, 0.717) is 17.3 Å². The molecule has 1 heterocycles. The Hall–Kier alpha value is -1.87. The first kappa shape index (κ1) is 20.9. The van der Waals surface area contributed by atoms with Crippen LogP contribution in [0, 0.1) is 6.92 Å². The average Bonchev–Trinajstić information content (AvgIpc) is 3.06. The number of anilines is 1. The third-order valence-electron chi connectivity index (χ3n) is 5.16. The number of hydrogen-bond donors (Lipinski definition) is 0. The van der Waals surface area contributed by atoms with Crippen LogP contribution in [0.2, 0.25) is 0 Å². The number of aromatic nitrogens is 3. The van der Waals surface area contributed by atoms with Gasteiger partial charge in [-0.2, -0.15) is 0 Å². The minimum atomic E-state index is -3.32. The largest absolute Gasteiger partial charge is 0.303 e. The standard InChI is InChI=1S/C19H26N4O3S2/c1-14-20-21-19(23(14)17-7-5-4-6-8-17)27-13-18(24)15-9-11-16(12-10-15)22(2)28(3,25)26/h9-12,17H,4-8,13H2,1-3H3. The van der Waals surface area contributed by atoms with Crippen molar-refractivity contribution in [3.8, 4) is 0 Å². The van der Waals surface area contributed by atoms with E-state index in [0.717, 1.165) is 30.1 Å². The van der Waals surface area contributed by atoms with E-state index in [1.807, 2.05) is 6.92 Å². The summed E-state index contributed by atoms with van der Waals surface area (Å²) in [5.74, 6) is 1.15. The van der Waals surface area contributed by atoms with Crippen LogP contribution in [-0.2, 0) is 10.0 Å². The van der Waals surface area contributed by atoms with Crippen molar-refractivity contribution in [2.45, 2.75) is 50.2 Å². The number of benzene rings is 1. The molecule has 1 aromatic heterocycles. The SMILES string of the molecule is Cc1nnc(SCC(=O)c2ccc(N(C)S(C)(=O)=O)cc2)n1C1CCCCC1. The summed E-state index contributed by atoms with van der Waals surface area (Å²) in [5.41, 5.74) is 1.08. The number of ketones is 1. The summed E-state index contributed by atoms with van der Waals surface area (Å²) in [4.78, 5) is 12.6. The average molecular weight is 423 g/mol. The lowest BCUT2D eigenvalue weighted by Crippen LogP contribution is -2.24. The summed E-state index contributed by atoms with van der Waals surface area (Å²) in [6, 6.07) is 7.04. The van der Waals surface area contributed by atoms with Gasteiger partial charge in [0.1, 0.15) is 5.82 Å². The summed E-state index contributed by atoms with van der Waals surface area (Å²) in [7, 11) is -1.83. The Labute approximate surface area is 170 Å². The van der Waals surface area contributed by atoms with Crippen molar-refractivity contribution in [1.29, 1.82) is 0 Å². The van der Waals surface area contributed by atoms with E-state index in [1.165, 1.54) is 42.4 Å². The fourth-order valence-electron chi connectivity index (χ4n) is 3.47. The van der Waals surface area contributed by atoms with Crippen molar-refractivity contribution >= 4 is 33.3 Å². The van der Waals surface area contributed by atoms with Gasteiger partial charge in [-0.25, -0.2) is 8.42 Å². The summed E-state index contributed by atoms with van der Waals surface area (Å²) >= 11 is 1.41. The number of hydrogen-bond acceptors (Lipinski definition) is 6. The molecule has 0 spiro atoms. The number of nitrogens with zero attached hydrogens (tertiary/aromatic N) is 4. The molecule has 1 aromatic carbocycles. The lowest BCUT2D eigenvalue weighted by Gasteiger charge is -2.24. The zero-order valence-corrected chi connectivity index (χ0v) is 18.1. The van der Waals surface area contributed by atoms with E-state index >= 15 is 0 Å². The molecule has 1 fully saturated rings. The molecule has 0 unspecified atom stereocenters. The van der Waals surface area contributed by atoms with Crippen molar-refractivity contribution < 1.29 is 13.2 Å². The van der Waals surface area contributed by atoms with E-state index in [-0.39, 0.29) is 11.5 Å². The Kier molecular flexibility index (Phi) is 6.44. The normalized spacial score (nSPS) is 15.5. The second-order valence-electron chi connectivity index (χ2n) is 7.18. The number of thioether (sulfide) groups is 1. The number of Topliss-reactive ketones (excluding diaryl/α,β-unsaturated/α-hetero) is 1. The van der Waals surface area contributed by atoms with Crippen LogP contribution in [0.25, 0.3) is 0 Å². The number of sulfonamides is 1. The molecule has 9 heteroatoms. The van der Waals surface area contributed by atoms with Gasteiger partial charge in [-0.3, -0.25) is 9.10 Å². The van der Waals surface area contributed by atoms with Crippen LogP contribution in [0.1, 0.15) is 54.3 Å². The van der Waals surface area contributed by atoms with Crippen LogP contribution in [-0.4, -0.2) is 48.0 Å². The summed E-state index contributed by atoms with van der Waals surface area (Å²) < 4.78 is 26.6. The van der Waals surface area contributed by atoms with Gasteiger partial charge in [-0.1, -0.05) is 31.0 Å². The third-order valence-corrected chi connectivity index (χ3v) is 7.31. The first-order valence-corrected chi connectivity index (χ1v) is 12.2. The number of aryl methyl sites for hydroxylation is 1. The Morgan fingerprint density at radius 2 is 1.82 bits per heavy atom. The number of carbonyl (C=O) groups is 1. The van der Waals surface area contributed by atoms with Gasteiger partial charge >= 0.3 is 0 Å². The zero-order chi connectivity index (χ0) is 20.3. The van der Waals surface area contributed by atoms with Gasteiger partial charge in [-0.05, 0) is 44.0 Å². The maximum absolute atomic E-state index is 12.6. The second kappa shape index (κ2) is 8.65. The monoisotopic (exact) mass is 422 g/mol. The lowest BCUT2D eigenvalue weighted by molar-refractivity contribution is 0.102. The molecule has 2 aromatic rings. The molecule has 28 heavy (non-hydrogen) atoms. The van der Waals surface area contributed by atoms with E-state index < -0.39 is 10.0 Å². The van der Waals surface area contributed by atoms with Crippen LogP contribution >= 0.6 is 11.8 Å². The second-order valence-corrected chi connectivity index (χ2v) is 10.1. The van der Waals surface area contributed by atoms with Crippen LogP contribution in [0.4, 0.5) is 5.69 Å². The predicted octanol–water partition coefficient (Wildman–Crippen LogP) is 3.46. The van der Waals surface area contributed by atoms with E-state index in [4.69, 9.17) is 0 Å². The third kappa shape index (κ3) is 4.75. The Balaban J connectivity index is 1.66. The highest BCUT2D eigenvalue weighted by molar-refractivity contribution is 7.99. The zero-order valence-electron chi connectivity index (χ0n) is 16.5. The molecule has 0 atom stereocenters. The molecule has 152 valence electrons. The van der Waals surface area contributed by atoms with Gasteiger partial charge in [0, 0.05) is 18.7 Å². The molecule has 1 aliphatic rings. The summed E-state index contributed by atoms with van der Waals surface area (Å²) in [5, 5.41) is 9.28. The fraction of sp³-hybridized carbons (Fsp3) is 0.526. The Morgan fingerprint density at radius 1 is 1.18 bits per heavy atom. The van der Waals surface area contributed by atoms with Crippen molar-refractivity contribution in [3.05, 3.63) is 35.7 Å². The quantitative estimate of drug-likeness (QED) is 0.502. The molecule has 0 aliphatic heterocycles. The lowest BCUT2D eigenvalue weighted by atomic mass is 9.95. The molecule has 1 aliphatic carbocycles. The van der Waals surface area contributed by atoms with Crippen LogP contribution in [0.3, 0.4) is 0 Å². The minimum absolute atomic E-state index is 0.0191. The molecule has 0 saturated heterocycles. The highest BCUT2D eigenvalue weighted by Crippen LogP contribution is 2.32. The van der Waals surface area contributed by atoms with E-state index in [1.54, 1.807) is 24.3 Å². The van der Waals surface area contributed by atoms with Gasteiger partial charge in [0.05, 0.1) is 17.7 Å². The maximum Gasteiger partial charge on any atom is 0.231 e. The van der Waals surface area contributed by atoms with Crippen molar-refractivity contribution in [2.24, 2.45) is 0 Å². The molecular formula is C19H26N4O3S2. The number of rotatable bonds is 7. The summed E-state index contributed by atoms with van der Waals surface area (Å²) in [6.45, 7) is 1.96. The highest BCUT2D eigenvalue weighted by atomic mass is 32.2. The molecule has 0 N–H and O–H groups in total. The Morgan fingerprint density at radius 3 is 2.43 bits per heavy atom. The van der Waals surface area contributed by atoms with Crippen LogP contribution < -0.4 is 4.31 Å².